The summed E-state index contributed by atoms with van der Waals surface area (Å²) in [6.45, 7) is 1.86. The number of hydrogen-bond donors (Lipinski definition) is 2. The van der Waals surface area contributed by atoms with Crippen LogP contribution >= 0.6 is 11.6 Å². The SMILES string of the molecule is COc1ccc(Cl)cc1S(=O)(=O)N[C@H](Cc1ccccc1)C(=O)Nc1ccccc1C. The Bertz CT molecular complexity index is 1170. The topological polar surface area (TPSA) is 84.5 Å². The van der Waals surface area contributed by atoms with E-state index in [1.54, 1.807) is 12.1 Å². The molecule has 0 radical (unpaired) electrons. The van der Waals surface area contributed by atoms with E-state index in [1.165, 1.54) is 25.3 Å². The summed E-state index contributed by atoms with van der Waals surface area (Å²) in [4.78, 5) is 13.0. The highest BCUT2D eigenvalue weighted by molar-refractivity contribution is 7.89. The molecule has 8 heteroatoms. The molecule has 0 aromatic heterocycles. The summed E-state index contributed by atoms with van der Waals surface area (Å²) in [5.74, 6) is -0.336. The van der Waals surface area contributed by atoms with E-state index in [2.05, 4.69) is 10.0 Å². The molecule has 3 rings (SSSR count). The Morgan fingerprint density at radius 1 is 1.03 bits per heavy atom. The normalized spacial score (nSPS) is 12.2. The molecule has 0 saturated heterocycles. The van der Waals surface area contributed by atoms with Crippen LogP contribution in [0.4, 0.5) is 5.69 Å². The van der Waals surface area contributed by atoms with Gasteiger partial charge >= 0.3 is 0 Å². The first-order chi connectivity index (χ1) is 14.8. The van der Waals surface area contributed by atoms with Gasteiger partial charge in [-0.2, -0.15) is 4.72 Å². The van der Waals surface area contributed by atoms with Gasteiger partial charge in [-0.1, -0.05) is 60.1 Å². The zero-order valence-electron chi connectivity index (χ0n) is 17.1. The highest BCUT2D eigenvalue weighted by Gasteiger charge is 2.28. The lowest BCUT2D eigenvalue weighted by Crippen LogP contribution is -2.45. The van der Waals surface area contributed by atoms with E-state index in [0.717, 1.165) is 11.1 Å². The highest BCUT2D eigenvalue weighted by atomic mass is 35.5. The predicted octanol–water partition coefficient (Wildman–Crippen LogP) is 4.19. The molecule has 0 aliphatic heterocycles. The van der Waals surface area contributed by atoms with Crippen molar-refractivity contribution in [3.8, 4) is 5.75 Å². The van der Waals surface area contributed by atoms with Crippen LogP contribution in [0.1, 0.15) is 11.1 Å². The molecule has 31 heavy (non-hydrogen) atoms. The van der Waals surface area contributed by atoms with Gasteiger partial charge in [-0.3, -0.25) is 4.79 Å². The van der Waals surface area contributed by atoms with Gasteiger partial charge in [-0.15, -0.1) is 0 Å². The lowest BCUT2D eigenvalue weighted by molar-refractivity contribution is -0.117. The molecule has 0 unspecified atom stereocenters. The summed E-state index contributed by atoms with van der Waals surface area (Å²) in [5, 5.41) is 3.06. The lowest BCUT2D eigenvalue weighted by atomic mass is 10.1. The van der Waals surface area contributed by atoms with Crippen molar-refractivity contribution in [2.45, 2.75) is 24.3 Å². The van der Waals surface area contributed by atoms with E-state index >= 15 is 0 Å². The number of nitrogens with one attached hydrogen (secondary N) is 2. The number of hydrogen-bond acceptors (Lipinski definition) is 4. The maximum absolute atomic E-state index is 13.2. The fourth-order valence-electron chi connectivity index (χ4n) is 3.08. The van der Waals surface area contributed by atoms with Crippen LogP contribution < -0.4 is 14.8 Å². The fourth-order valence-corrected chi connectivity index (χ4v) is 4.71. The Morgan fingerprint density at radius 3 is 2.39 bits per heavy atom. The summed E-state index contributed by atoms with van der Waals surface area (Å²) in [6.07, 6.45) is 0.167. The summed E-state index contributed by atoms with van der Waals surface area (Å²) >= 11 is 6.01. The van der Waals surface area contributed by atoms with Crippen molar-refractivity contribution in [1.82, 2.24) is 4.72 Å². The van der Waals surface area contributed by atoms with Crippen LogP contribution in [0, 0.1) is 6.92 Å². The number of rotatable bonds is 8. The van der Waals surface area contributed by atoms with Gasteiger partial charge < -0.3 is 10.1 Å². The summed E-state index contributed by atoms with van der Waals surface area (Å²) in [7, 11) is -2.74. The molecule has 0 heterocycles. The second kappa shape index (κ2) is 9.96. The molecular weight excluding hydrogens is 436 g/mol. The van der Waals surface area contributed by atoms with Crippen molar-refractivity contribution in [3.05, 3.63) is 88.9 Å². The van der Waals surface area contributed by atoms with Crippen LogP contribution in [0.25, 0.3) is 0 Å². The van der Waals surface area contributed by atoms with Crippen LogP contribution in [0.2, 0.25) is 5.02 Å². The minimum Gasteiger partial charge on any atom is -0.495 e. The molecule has 3 aromatic carbocycles. The average molecular weight is 459 g/mol. The third-order valence-corrected chi connectivity index (χ3v) is 6.44. The number of carbonyl (C=O) groups is 1. The summed E-state index contributed by atoms with van der Waals surface area (Å²) < 4.78 is 34.0. The maximum Gasteiger partial charge on any atom is 0.245 e. The minimum atomic E-state index is -4.11. The molecule has 0 aliphatic carbocycles. The first-order valence-corrected chi connectivity index (χ1v) is 11.4. The van der Waals surface area contributed by atoms with E-state index in [-0.39, 0.29) is 22.1 Å². The lowest BCUT2D eigenvalue weighted by Gasteiger charge is -2.20. The average Bonchev–Trinajstić information content (AvgIpc) is 2.75. The quantitative estimate of drug-likeness (QED) is 0.530. The van der Waals surface area contributed by atoms with Gasteiger partial charge in [0, 0.05) is 10.7 Å². The van der Waals surface area contributed by atoms with E-state index in [4.69, 9.17) is 16.3 Å². The van der Waals surface area contributed by atoms with Crippen molar-refractivity contribution in [1.29, 1.82) is 0 Å². The van der Waals surface area contributed by atoms with Crippen molar-refractivity contribution in [2.75, 3.05) is 12.4 Å². The number of methoxy groups -OCH3 is 1. The predicted molar refractivity (Wildman–Crippen MR) is 122 cm³/mol. The molecule has 6 nitrogen and oxygen atoms in total. The third kappa shape index (κ3) is 5.85. The number of sulfonamides is 1. The Labute approximate surface area is 187 Å². The number of amides is 1. The van der Waals surface area contributed by atoms with Gasteiger partial charge in [0.15, 0.2) is 0 Å². The van der Waals surface area contributed by atoms with Crippen molar-refractivity contribution < 1.29 is 17.9 Å². The number of carbonyl (C=O) groups excluding carboxylic acids is 1. The van der Waals surface area contributed by atoms with Crippen molar-refractivity contribution in [3.63, 3.8) is 0 Å². The molecule has 0 bridgehead atoms. The second-order valence-corrected chi connectivity index (χ2v) is 9.08. The number of halogens is 1. The number of anilines is 1. The fraction of sp³-hybridized carbons (Fsp3) is 0.174. The van der Waals surface area contributed by atoms with Crippen LogP contribution in [0.5, 0.6) is 5.75 Å². The maximum atomic E-state index is 13.2. The Balaban J connectivity index is 1.93. The van der Waals surface area contributed by atoms with Crippen molar-refractivity contribution in [2.24, 2.45) is 0 Å². The number of para-hydroxylation sites is 1. The highest BCUT2D eigenvalue weighted by Crippen LogP contribution is 2.27. The standard InChI is InChI=1S/C23H23ClN2O4S/c1-16-8-6-7-11-19(16)25-23(27)20(14-17-9-4-3-5-10-17)26-31(28,29)22-15-18(24)12-13-21(22)30-2/h3-13,15,20,26H,14H2,1-2H3,(H,25,27)/t20-/m1/s1. The molecule has 0 aliphatic rings. The molecule has 2 N–H and O–H groups in total. The molecule has 0 spiro atoms. The van der Waals surface area contributed by atoms with E-state index in [0.29, 0.717) is 5.69 Å². The Morgan fingerprint density at radius 2 is 1.71 bits per heavy atom. The molecule has 1 atom stereocenters. The van der Waals surface area contributed by atoms with Gasteiger partial charge in [0.1, 0.15) is 16.7 Å². The molecule has 162 valence electrons. The molecule has 1 amide bonds. The van der Waals surface area contributed by atoms with E-state index in [9.17, 15) is 13.2 Å². The van der Waals surface area contributed by atoms with Crippen molar-refractivity contribution >= 4 is 33.2 Å². The first-order valence-electron chi connectivity index (χ1n) is 9.56. The van der Waals surface area contributed by atoms with Gasteiger partial charge in [0.2, 0.25) is 15.9 Å². The molecule has 3 aromatic rings. The summed E-state index contributed by atoms with van der Waals surface area (Å²) in [5.41, 5.74) is 2.30. The summed E-state index contributed by atoms with van der Waals surface area (Å²) in [6, 6.07) is 19.7. The Hall–Kier alpha value is -2.87. The largest absolute Gasteiger partial charge is 0.495 e. The molecule has 0 saturated carbocycles. The Kier molecular flexibility index (Phi) is 7.33. The smallest absolute Gasteiger partial charge is 0.245 e. The monoisotopic (exact) mass is 458 g/mol. The van der Waals surface area contributed by atoms with E-state index in [1.807, 2.05) is 49.4 Å². The van der Waals surface area contributed by atoms with Gasteiger partial charge in [-0.25, -0.2) is 8.42 Å². The first kappa shape index (κ1) is 22.8. The number of benzene rings is 3. The van der Waals surface area contributed by atoms with Crippen LogP contribution in [-0.4, -0.2) is 27.5 Å². The number of aryl methyl sites for hydroxylation is 1. The van der Waals surface area contributed by atoms with E-state index < -0.39 is 22.0 Å². The zero-order chi connectivity index (χ0) is 22.4. The molecule has 0 fully saturated rings. The van der Waals surface area contributed by atoms with Crippen LogP contribution in [0.15, 0.2) is 77.7 Å². The zero-order valence-corrected chi connectivity index (χ0v) is 18.7. The number of ether oxygens (including phenoxy) is 1. The van der Waals surface area contributed by atoms with Gasteiger partial charge in [0.25, 0.3) is 0 Å². The molecular formula is C23H23ClN2O4S. The minimum absolute atomic E-state index is 0.134. The van der Waals surface area contributed by atoms with Gasteiger partial charge in [-0.05, 0) is 48.7 Å². The van der Waals surface area contributed by atoms with Crippen LogP contribution in [-0.2, 0) is 21.2 Å². The third-order valence-electron chi connectivity index (χ3n) is 4.71. The van der Waals surface area contributed by atoms with Crippen LogP contribution in [0.3, 0.4) is 0 Å². The van der Waals surface area contributed by atoms with Gasteiger partial charge in [0.05, 0.1) is 7.11 Å². The second-order valence-electron chi connectivity index (χ2n) is 6.96.